The van der Waals surface area contributed by atoms with Gasteiger partial charge in [0.2, 0.25) is 0 Å². The molecule has 88 valence electrons. The maximum atomic E-state index is 9.35. The summed E-state index contributed by atoms with van der Waals surface area (Å²) in [7, 11) is 0. The minimum atomic E-state index is 0.299. The highest BCUT2D eigenvalue weighted by Crippen LogP contribution is 2.25. The van der Waals surface area contributed by atoms with Crippen LogP contribution in [0.3, 0.4) is 0 Å². The normalized spacial score (nSPS) is 38.4. The second kappa shape index (κ2) is 5.28. The smallest absolute Gasteiger partial charge is 0.0702 e. The van der Waals surface area contributed by atoms with Gasteiger partial charge in [0.25, 0.3) is 0 Å². The lowest BCUT2D eigenvalue weighted by molar-refractivity contribution is -0.0136. The predicted molar refractivity (Wildman–Crippen MR) is 59.8 cm³/mol. The van der Waals surface area contributed by atoms with Crippen molar-refractivity contribution in [2.24, 2.45) is 5.92 Å². The van der Waals surface area contributed by atoms with Crippen LogP contribution in [0.1, 0.15) is 32.6 Å². The average Bonchev–Trinajstić information content (AvgIpc) is 2.61. The lowest BCUT2D eigenvalue weighted by Crippen LogP contribution is -2.41. The number of hydrogen-bond donors (Lipinski definition) is 1. The van der Waals surface area contributed by atoms with E-state index in [9.17, 15) is 5.11 Å². The molecule has 2 aliphatic heterocycles. The molecule has 2 fully saturated rings. The van der Waals surface area contributed by atoms with Crippen molar-refractivity contribution in [2.45, 2.75) is 44.8 Å². The topological polar surface area (TPSA) is 32.7 Å². The standard InChI is InChI=1S/C12H23NO2/c1-10-5-6-13(12(10)9-14)8-11-4-2-3-7-15-11/h10-12,14H,2-9H2,1H3. The van der Waals surface area contributed by atoms with Gasteiger partial charge in [-0.2, -0.15) is 0 Å². The van der Waals surface area contributed by atoms with Gasteiger partial charge in [-0.25, -0.2) is 0 Å². The Balaban J connectivity index is 1.82. The Morgan fingerprint density at radius 3 is 2.87 bits per heavy atom. The summed E-state index contributed by atoms with van der Waals surface area (Å²) in [5.41, 5.74) is 0. The zero-order chi connectivity index (χ0) is 10.7. The Hall–Kier alpha value is -0.120. The zero-order valence-corrected chi connectivity index (χ0v) is 9.69. The molecule has 0 aromatic rings. The molecule has 0 saturated carbocycles. The number of aliphatic hydroxyl groups excluding tert-OH is 1. The fraction of sp³-hybridized carbons (Fsp3) is 1.00. The van der Waals surface area contributed by atoms with Crippen molar-refractivity contribution in [3.63, 3.8) is 0 Å². The molecule has 2 heterocycles. The Morgan fingerprint density at radius 1 is 1.33 bits per heavy atom. The molecule has 3 heteroatoms. The molecular formula is C12H23NO2. The third-order valence-electron chi connectivity index (χ3n) is 3.90. The van der Waals surface area contributed by atoms with Crippen LogP contribution < -0.4 is 0 Å². The molecule has 3 atom stereocenters. The van der Waals surface area contributed by atoms with Gasteiger partial charge in [-0.15, -0.1) is 0 Å². The molecular weight excluding hydrogens is 190 g/mol. The number of ether oxygens (including phenoxy) is 1. The van der Waals surface area contributed by atoms with E-state index in [0.29, 0.717) is 24.7 Å². The summed E-state index contributed by atoms with van der Waals surface area (Å²) in [6.45, 7) is 5.62. The molecule has 0 bridgehead atoms. The fourth-order valence-corrected chi connectivity index (χ4v) is 2.82. The van der Waals surface area contributed by atoms with Crippen molar-refractivity contribution in [3.8, 4) is 0 Å². The predicted octanol–water partition coefficient (Wildman–Crippen LogP) is 1.26. The van der Waals surface area contributed by atoms with Crippen molar-refractivity contribution in [3.05, 3.63) is 0 Å². The van der Waals surface area contributed by atoms with Crippen LogP contribution in [0.15, 0.2) is 0 Å². The van der Waals surface area contributed by atoms with Gasteiger partial charge in [-0.3, -0.25) is 4.90 Å². The first-order valence-corrected chi connectivity index (χ1v) is 6.27. The second-order valence-corrected chi connectivity index (χ2v) is 5.00. The van der Waals surface area contributed by atoms with Crippen LogP contribution in [0.2, 0.25) is 0 Å². The summed E-state index contributed by atoms with van der Waals surface area (Å²) in [5.74, 6) is 0.638. The Morgan fingerprint density at radius 2 is 2.20 bits per heavy atom. The van der Waals surface area contributed by atoms with E-state index < -0.39 is 0 Å². The lowest BCUT2D eigenvalue weighted by Gasteiger charge is -2.31. The molecule has 2 saturated heterocycles. The van der Waals surface area contributed by atoms with Crippen molar-refractivity contribution >= 4 is 0 Å². The molecule has 2 rings (SSSR count). The van der Waals surface area contributed by atoms with E-state index in [0.717, 1.165) is 19.7 Å². The highest BCUT2D eigenvalue weighted by Gasteiger charge is 2.32. The summed E-state index contributed by atoms with van der Waals surface area (Å²) >= 11 is 0. The van der Waals surface area contributed by atoms with Gasteiger partial charge in [0.1, 0.15) is 0 Å². The molecule has 0 aromatic carbocycles. The molecule has 0 aromatic heterocycles. The van der Waals surface area contributed by atoms with Gasteiger partial charge in [0, 0.05) is 19.2 Å². The van der Waals surface area contributed by atoms with E-state index in [1.165, 1.54) is 25.7 Å². The van der Waals surface area contributed by atoms with Crippen LogP contribution in [-0.2, 0) is 4.74 Å². The lowest BCUT2D eigenvalue weighted by atomic mass is 10.0. The van der Waals surface area contributed by atoms with E-state index in [2.05, 4.69) is 11.8 Å². The molecule has 0 aliphatic carbocycles. The van der Waals surface area contributed by atoms with Crippen LogP contribution in [-0.4, -0.2) is 48.5 Å². The van der Waals surface area contributed by atoms with Crippen molar-refractivity contribution < 1.29 is 9.84 Å². The highest BCUT2D eigenvalue weighted by molar-refractivity contribution is 4.85. The van der Waals surface area contributed by atoms with Crippen LogP contribution >= 0.6 is 0 Å². The van der Waals surface area contributed by atoms with E-state index in [1.807, 2.05) is 0 Å². The molecule has 3 unspecified atom stereocenters. The van der Waals surface area contributed by atoms with Crippen molar-refractivity contribution in [2.75, 3.05) is 26.3 Å². The molecule has 0 spiro atoms. The van der Waals surface area contributed by atoms with E-state index >= 15 is 0 Å². The largest absolute Gasteiger partial charge is 0.395 e. The number of rotatable bonds is 3. The third-order valence-corrected chi connectivity index (χ3v) is 3.90. The van der Waals surface area contributed by atoms with Crippen molar-refractivity contribution in [1.29, 1.82) is 0 Å². The molecule has 1 N–H and O–H groups in total. The SMILES string of the molecule is CC1CCN(CC2CCCCO2)C1CO. The number of aliphatic hydroxyl groups is 1. The van der Waals surface area contributed by atoms with E-state index in [1.54, 1.807) is 0 Å². The summed E-state index contributed by atoms with van der Waals surface area (Å²) in [6, 6.07) is 0.371. The maximum absolute atomic E-state index is 9.35. The van der Waals surface area contributed by atoms with Crippen LogP contribution in [0.4, 0.5) is 0 Å². The van der Waals surface area contributed by atoms with Gasteiger partial charge < -0.3 is 9.84 Å². The molecule has 3 nitrogen and oxygen atoms in total. The zero-order valence-electron chi connectivity index (χ0n) is 9.69. The average molecular weight is 213 g/mol. The van der Waals surface area contributed by atoms with E-state index in [-0.39, 0.29) is 0 Å². The Bertz CT molecular complexity index is 192. The number of nitrogens with zero attached hydrogens (tertiary/aromatic N) is 1. The summed E-state index contributed by atoms with van der Waals surface area (Å²) < 4.78 is 5.74. The summed E-state index contributed by atoms with van der Waals surface area (Å²) in [6.07, 6.45) is 5.35. The van der Waals surface area contributed by atoms with Gasteiger partial charge in [-0.05, 0) is 38.1 Å². The van der Waals surface area contributed by atoms with Crippen LogP contribution in [0, 0.1) is 5.92 Å². The van der Waals surface area contributed by atoms with Crippen LogP contribution in [0.25, 0.3) is 0 Å². The summed E-state index contributed by atoms with van der Waals surface area (Å²) in [4.78, 5) is 2.42. The van der Waals surface area contributed by atoms with Gasteiger partial charge in [0.05, 0.1) is 12.7 Å². The van der Waals surface area contributed by atoms with Crippen molar-refractivity contribution in [1.82, 2.24) is 4.90 Å². The first kappa shape index (κ1) is 11.4. The molecule has 15 heavy (non-hydrogen) atoms. The molecule has 2 aliphatic rings. The second-order valence-electron chi connectivity index (χ2n) is 5.00. The quantitative estimate of drug-likeness (QED) is 0.766. The summed E-state index contributed by atoms with van der Waals surface area (Å²) in [5, 5.41) is 9.35. The Labute approximate surface area is 92.4 Å². The fourth-order valence-electron chi connectivity index (χ4n) is 2.82. The minimum absolute atomic E-state index is 0.299. The van der Waals surface area contributed by atoms with Crippen LogP contribution in [0.5, 0.6) is 0 Å². The Kier molecular flexibility index (Phi) is 4.00. The molecule has 0 amide bonds. The van der Waals surface area contributed by atoms with Gasteiger partial charge >= 0.3 is 0 Å². The monoisotopic (exact) mass is 213 g/mol. The number of hydrogen-bond acceptors (Lipinski definition) is 3. The third kappa shape index (κ3) is 2.71. The maximum Gasteiger partial charge on any atom is 0.0702 e. The van der Waals surface area contributed by atoms with Gasteiger partial charge in [0.15, 0.2) is 0 Å². The number of likely N-dealkylation sites (tertiary alicyclic amines) is 1. The highest BCUT2D eigenvalue weighted by atomic mass is 16.5. The van der Waals surface area contributed by atoms with E-state index in [4.69, 9.17) is 4.74 Å². The first-order valence-electron chi connectivity index (χ1n) is 6.27. The molecule has 0 radical (unpaired) electrons. The first-order chi connectivity index (χ1) is 7.31. The minimum Gasteiger partial charge on any atom is -0.395 e. The van der Waals surface area contributed by atoms with Gasteiger partial charge in [-0.1, -0.05) is 6.92 Å².